The van der Waals surface area contributed by atoms with E-state index >= 15 is 0 Å². The number of nitrogens with zero attached hydrogens (tertiary/aromatic N) is 3. The highest BCUT2D eigenvalue weighted by Crippen LogP contribution is 2.33. The summed E-state index contributed by atoms with van der Waals surface area (Å²) < 4.78 is 5.42. The number of hydrogen-bond acceptors (Lipinski definition) is 6. The molecule has 0 saturated carbocycles. The van der Waals surface area contributed by atoms with Gasteiger partial charge in [0, 0.05) is 5.56 Å². The molecule has 1 aromatic heterocycles. The SMILES string of the molecule is COc1ccc(C)cc1Nc1nc(SC)nc(-c2ccccc2)c1C#N. The van der Waals surface area contributed by atoms with Crippen LogP contribution in [0.3, 0.4) is 0 Å². The van der Waals surface area contributed by atoms with E-state index in [0.29, 0.717) is 28.0 Å². The number of hydrogen-bond donors (Lipinski definition) is 1. The Morgan fingerprint density at radius 3 is 2.54 bits per heavy atom. The first-order valence-electron chi connectivity index (χ1n) is 7.99. The molecule has 0 spiro atoms. The van der Waals surface area contributed by atoms with Gasteiger partial charge < -0.3 is 10.1 Å². The average molecular weight is 362 g/mol. The van der Waals surface area contributed by atoms with Crippen LogP contribution in [0.25, 0.3) is 11.3 Å². The molecule has 26 heavy (non-hydrogen) atoms. The van der Waals surface area contributed by atoms with Crippen LogP contribution in [0.1, 0.15) is 11.1 Å². The van der Waals surface area contributed by atoms with Crippen LogP contribution < -0.4 is 10.1 Å². The minimum Gasteiger partial charge on any atom is -0.495 e. The number of aryl methyl sites for hydroxylation is 1. The Hall–Kier alpha value is -3.04. The topological polar surface area (TPSA) is 70.8 Å². The number of rotatable bonds is 5. The van der Waals surface area contributed by atoms with E-state index in [0.717, 1.165) is 16.8 Å². The van der Waals surface area contributed by atoms with Gasteiger partial charge in [0.25, 0.3) is 0 Å². The summed E-state index contributed by atoms with van der Waals surface area (Å²) in [5.74, 6) is 1.15. The molecule has 0 amide bonds. The van der Waals surface area contributed by atoms with Gasteiger partial charge in [-0.3, -0.25) is 0 Å². The van der Waals surface area contributed by atoms with E-state index in [4.69, 9.17) is 4.74 Å². The van der Waals surface area contributed by atoms with Crippen LogP contribution in [-0.4, -0.2) is 23.3 Å². The van der Waals surface area contributed by atoms with Crippen LogP contribution in [0.15, 0.2) is 53.7 Å². The molecule has 130 valence electrons. The Labute approximate surface area is 157 Å². The monoisotopic (exact) mass is 362 g/mol. The first-order valence-corrected chi connectivity index (χ1v) is 9.22. The van der Waals surface area contributed by atoms with E-state index in [1.54, 1.807) is 7.11 Å². The average Bonchev–Trinajstić information content (AvgIpc) is 2.68. The summed E-state index contributed by atoms with van der Waals surface area (Å²) in [6.45, 7) is 2.00. The van der Waals surface area contributed by atoms with E-state index in [-0.39, 0.29) is 0 Å². The first kappa shape index (κ1) is 17.8. The number of benzene rings is 2. The van der Waals surface area contributed by atoms with Gasteiger partial charge >= 0.3 is 0 Å². The van der Waals surface area contributed by atoms with Crippen molar-refractivity contribution in [2.45, 2.75) is 12.1 Å². The number of ether oxygens (including phenoxy) is 1. The number of nitriles is 1. The summed E-state index contributed by atoms with van der Waals surface area (Å²) >= 11 is 1.43. The summed E-state index contributed by atoms with van der Waals surface area (Å²) in [6, 6.07) is 17.7. The second-order valence-corrected chi connectivity index (χ2v) is 6.36. The standard InChI is InChI=1S/C20H18N4OS/c1-13-9-10-17(25-2)16(11-13)22-19-15(12-21)18(23-20(24-19)26-3)14-7-5-4-6-8-14/h4-11H,1-3H3,(H,22,23,24). The van der Waals surface area contributed by atoms with Crippen LogP contribution in [0, 0.1) is 18.3 Å². The fraction of sp³-hybridized carbons (Fsp3) is 0.150. The lowest BCUT2D eigenvalue weighted by atomic mass is 10.1. The third-order valence-corrected chi connectivity index (χ3v) is 4.39. The fourth-order valence-electron chi connectivity index (χ4n) is 2.58. The van der Waals surface area contributed by atoms with Crippen LogP contribution in [0.4, 0.5) is 11.5 Å². The van der Waals surface area contributed by atoms with E-state index in [2.05, 4.69) is 21.4 Å². The molecule has 0 aliphatic carbocycles. The van der Waals surface area contributed by atoms with Crippen molar-refractivity contribution < 1.29 is 4.74 Å². The summed E-state index contributed by atoms with van der Waals surface area (Å²) in [5, 5.41) is 13.6. The maximum Gasteiger partial charge on any atom is 0.189 e. The molecule has 6 heteroatoms. The van der Waals surface area contributed by atoms with E-state index in [1.165, 1.54) is 11.8 Å². The number of thioether (sulfide) groups is 1. The molecular weight excluding hydrogens is 344 g/mol. The minimum absolute atomic E-state index is 0.401. The molecule has 5 nitrogen and oxygen atoms in total. The lowest BCUT2D eigenvalue weighted by molar-refractivity contribution is 0.416. The Kier molecular flexibility index (Phi) is 5.40. The van der Waals surface area contributed by atoms with Crippen LogP contribution in [-0.2, 0) is 0 Å². The molecule has 0 radical (unpaired) electrons. The third-order valence-electron chi connectivity index (χ3n) is 3.84. The molecule has 0 atom stereocenters. The van der Waals surface area contributed by atoms with E-state index < -0.39 is 0 Å². The molecule has 0 aliphatic rings. The lowest BCUT2D eigenvalue weighted by Crippen LogP contribution is -2.04. The normalized spacial score (nSPS) is 10.2. The smallest absolute Gasteiger partial charge is 0.189 e. The van der Waals surface area contributed by atoms with Crippen molar-refractivity contribution in [3.05, 3.63) is 59.7 Å². The van der Waals surface area contributed by atoms with Gasteiger partial charge in [-0.2, -0.15) is 5.26 Å². The Bertz CT molecular complexity index is 968. The number of methoxy groups -OCH3 is 1. The van der Waals surface area contributed by atoms with E-state index in [1.807, 2.05) is 61.7 Å². The Morgan fingerprint density at radius 1 is 1.12 bits per heavy atom. The highest BCUT2D eigenvalue weighted by molar-refractivity contribution is 7.98. The fourth-order valence-corrected chi connectivity index (χ4v) is 2.95. The molecule has 1 N–H and O–H groups in total. The summed E-state index contributed by atoms with van der Waals surface area (Å²) in [5.41, 5.74) is 3.73. The van der Waals surface area contributed by atoms with E-state index in [9.17, 15) is 5.26 Å². The van der Waals surface area contributed by atoms with Gasteiger partial charge in [-0.1, -0.05) is 48.2 Å². The quantitative estimate of drug-likeness (QED) is 0.519. The second-order valence-electron chi connectivity index (χ2n) is 5.59. The molecule has 1 heterocycles. The zero-order valence-electron chi connectivity index (χ0n) is 14.8. The Balaban J connectivity index is 2.16. The molecule has 3 rings (SSSR count). The van der Waals surface area contributed by atoms with Crippen molar-refractivity contribution in [3.63, 3.8) is 0 Å². The van der Waals surface area contributed by atoms with Crippen molar-refractivity contribution in [2.24, 2.45) is 0 Å². The van der Waals surface area contributed by atoms with Gasteiger partial charge in [0.1, 0.15) is 17.4 Å². The zero-order chi connectivity index (χ0) is 18.5. The summed E-state index contributed by atoms with van der Waals surface area (Å²) in [7, 11) is 1.61. The summed E-state index contributed by atoms with van der Waals surface area (Å²) in [4.78, 5) is 9.06. The minimum atomic E-state index is 0.401. The maximum absolute atomic E-state index is 9.78. The molecule has 3 aromatic rings. The molecule has 2 aromatic carbocycles. The van der Waals surface area contributed by atoms with Gasteiger partial charge in [-0.25, -0.2) is 9.97 Å². The predicted octanol–water partition coefficient (Wildman–Crippen LogP) is 4.80. The summed E-state index contributed by atoms with van der Waals surface area (Å²) in [6.07, 6.45) is 1.91. The highest BCUT2D eigenvalue weighted by atomic mass is 32.2. The van der Waals surface area contributed by atoms with Crippen molar-refractivity contribution in [1.29, 1.82) is 5.26 Å². The van der Waals surface area contributed by atoms with Crippen LogP contribution >= 0.6 is 11.8 Å². The van der Waals surface area contributed by atoms with Gasteiger partial charge in [-0.05, 0) is 30.9 Å². The highest BCUT2D eigenvalue weighted by Gasteiger charge is 2.17. The molecule has 0 bridgehead atoms. The second kappa shape index (κ2) is 7.89. The predicted molar refractivity (Wildman–Crippen MR) is 105 cm³/mol. The largest absolute Gasteiger partial charge is 0.495 e. The third kappa shape index (κ3) is 3.63. The Morgan fingerprint density at radius 2 is 1.88 bits per heavy atom. The number of anilines is 2. The molecular formula is C20H18N4OS. The van der Waals surface area contributed by atoms with Gasteiger partial charge in [0.15, 0.2) is 11.0 Å². The molecule has 0 unspecified atom stereocenters. The van der Waals surface area contributed by atoms with Crippen molar-refractivity contribution >= 4 is 23.3 Å². The molecule has 0 fully saturated rings. The molecule has 0 saturated heterocycles. The van der Waals surface area contributed by atoms with Gasteiger partial charge in [-0.15, -0.1) is 0 Å². The van der Waals surface area contributed by atoms with Gasteiger partial charge in [0.05, 0.1) is 18.5 Å². The maximum atomic E-state index is 9.78. The lowest BCUT2D eigenvalue weighted by Gasteiger charge is -2.15. The number of aromatic nitrogens is 2. The van der Waals surface area contributed by atoms with Crippen LogP contribution in [0.2, 0.25) is 0 Å². The zero-order valence-corrected chi connectivity index (χ0v) is 15.6. The number of nitrogens with one attached hydrogen (secondary N) is 1. The molecule has 0 aliphatic heterocycles. The van der Waals surface area contributed by atoms with Gasteiger partial charge in [0.2, 0.25) is 0 Å². The van der Waals surface area contributed by atoms with Crippen molar-refractivity contribution in [1.82, 2.24) is 9.97 Å². The van der Waals surface area contributed by atoms with Crippen molar-refractivity contribution in [3.8, 4) is 23.1 Å². The van der Waals surface area contributed by atoms with Crippen LogP contribution in [0.5, 0.6) is 5.75 Å². The first-order chi connectivity index (χ1) is 12.7. The van der Waals surface area contributed by atoms with Crippen molar-refractivity contribution in [2.75, 3.05) is 18.7 Å².